The highest BCUT2D eigenvalue weighted by Crippen LogP contribution is 2.30. The number of carbonyl (C=O) groups is 3. The van der Waals surface area contributed by atoms with Crippen molar-refractivity contribution < 1.29 is 22.8 Å². The molecule has 1 unspecified atom stereocenters. The molecule has 0 aliphatic carbocycles. The van der Waals surface area contributed by atoms with E-state index in [4.69, 9.17) is 28.3 Å². The van der Waals surface area contributed by atoms with Crippen LogP contribution in [-0.2, 0) is 20.4 Å². The first-order chi connectivity index (χ1) is 13.4. The molecule has 1 atom stereocenters. The van der Waals surface area contributed by atoms with Gasteiger partial charge in [-0.15, -0.1) is 0 Å². The molecule has 0 saturated carbocycles. The Morgan fingerprint density at radius 2 is 1.76 bits per heavy atom. The van der Waals surface area contributed by atoms with Gasteiger partial charge in [0, 0.05) is 10.6 Å². The number of rotatable bonds is 5. The molecule has 0 bridgehead atoms. The molecule has 1 heterocycles. The fourth-order valence-corrected chi connectivity index (χ4v) is 3.99. The summed E-state index contributed by atoms with van der Waals surface area (Å²) in [7, 11) is -3.90. The Hall–Kier alpha value is -2.46. The maximum atomic E-state index is 12.9. The Bertz CT molecular complexity index is 1130. The van der Waals surface area contributed by atoms with Crippen LogP contribution < -0.4 is 10.5 Å². The summed E-state index contributed by atoms with van der Waals surface area (Å²) in [6.45, 7) is 0.940. The molecule has 0 aromatic heterocycles. The summed E-state index contributed by atoms with van der Waals surface area (Å²) in [6, 6.07) is 8.73. The van der Waals surface area contributed by atoms with Crippen molar-refractivity contribution in [3.63, 3.8) is 0 Å². The first kappa shape index (κ1) is 21.3. The van der Waals surface area contributed by atoms with Crippen molar-refractivity contribution in [1.29, 1.82) is 0 Å². The predicted octanol–water partition coefficient (Wildman–Crippen LogP) is 2.29. The number of nitrogens with one attached hydrogen (secondary N) is 1. The number of hydrogen-bond donors (Lipinski definition) is 2. The molecule has 0 spiro atoms. The van der Waals surface area contributed by atoms with Gasteiger partial charge >= 0.3 is 6.03 Å². The van der Waals surface area contributed by atoms with Crippen molar-refractivity contribution in [2.45, 2.75) is 17.4 Å². The van der Waals surface area contributed by atoms with Gasteiger partial charge in [-0.25, -0.2) is 18.4 Å². The number of primary sulfonamides is 1. The first-order valence-corrected chi connectivity index (χ1v) is 10.5. The molecular formula is C18H15Cl2N3O5S. The summed E-state index contributed by atoms with van der Waals surface area (Å²) in [6.07, 6.45) is 0. The SMILES string of the molecule is CC1(c2ccc(S(N)(=O)=O)cc2)NC(=O)N(CC(=O)c2ccc(Cl)cc2Cl)C1=O. The van der Waals surface area contributed by atoms with Crippen LogP contribution in [-0.4, -0.2) is 37.6 Å². The van der Waals surface area contributed by atoms with Crippen LogP contribution in [0.4, 0.5) is 4.79 Å². The summed E-state index contributed by atoms with van der Waals surface area (Å²) in [5, 5.41) is 8.05. The Labute approximate surface area is 176 Å². The van der Waals surface area contributed by atoms with Crippen molar-refractivity contribution in [3.05, 3.63) is 63.6 Å². The molecule has 3 rings (SSSR count). The minimum absolute atomic E-state index is 0.107. The average molecular weight is 456 g/mol. The minimum Gasteiger partial charge on any atom is -0.319 e. The van der Waals surface area contributed by atoms with Gasteiger partial charge in [0.1, 0.15) is 5.54 Å². The molecule has 3 amide bonds. The van der Waals surface area contributed by atoms with Gasteiger partial charge in [0.2, 0.25) is 10.0 Å². The molecule has 8 nitrogen and oxygen atoms in total. The lowest BCUT2D eigenvalue weighted by atomic mass is 9.92. The zero-order chi connectivity index (χ0) is 21.6. The highest BCUT2D eigenvalue weighted by Gasteiger charge is 2.49. The van der Waals surface area contributed by atoms with Crippen molar-refractivity contribution in [2.24, 2.45) is 5.14 Å². The second kappa shape index (κ2) is 7.42. The first-order valence-electron chi connectivity index (χ1n) is 8.19. The van der Waals surface area contributed by atoms with E-state index in [1.807, 2.05) is 0 Å². The third kappa shape index (κ3) is 3.99. The number of halogens is 2. The molecule has 11 heteroatoms. The highest BCUT2D eigenvalue weighted by molar-refractivity contribution is 7.89. The summed E-state index contributed by atoms with van der Waals surface area (Å²) in [5.41, 5.74) is -1.01. The molecule has 1 fully saturated rings. The molecule has 2 aromatic carbocycles. The quantitative estimate of drug-likeness (QED) is 0.527. The molecule has 1 aliphatic rings. The fraction of sp³-hybridized carbons (Fsp3) is 0.167. The van der Waals surface area contributed by atoms with Crippen molar-refractivity contribution in [1.82, 2.24) is 10.2 Å². The van der Waals surface area contributed by atoms with Crippen LogP contribution >= 0.6 is 23.2 Å². The van der Waals surface area contributed by atoms with E-state index in [0.717, 1.165) is 4.90 Å². The van der Waals surface area contributed by atoms with E-state index in [2.05, 4.69) is 5.32 Å². The molecule has 2 aromatic rings. The number of hydrogen-bond acceptors (Lipinski definition) is 5. The van der Waals surface area contributed by atoms with E-state index >= 15 is 0 Å². The topological polar surface area (TPSA) is 127 Å². The highest BCUT2D eigenvalue weighted by atomic mass is 35.5. The molecule has 3 N–H and O–H groups in total. The number of ketones is 1. The molecule has 152 valence electrons. The molecule has 0 radical (unpaired) electrons. The van der Waals surface area contributed by atoms with Gasteiger partial charge in [-0.05, 0) is 42.8 Å². The van der Waals surface area contributed by atoms with Crippen LogP contribution in [0.25, 0.3) is 0 Å². The average Bonchev–Trinajstić information content (AvgIpc) is 2.85. The van der Waals surface area contributed by atoms with Gasteiger partial charge in [0.25, 0.3) is 5.91 Å². The van der Waals surface area contributed by atoms with Gasteiger partial charge in [-0.3, -0.25) is 14.5 Å². The van der Waals surface area contributed by atoms with Gasteiger partial charge in [-0.2, -0.15) is 0 Å². The number of imide groups is 1. The zero-order valence-corrected chi connectivity index (χ0v) is 17.3. The van der Waals surface area contributed by atoms with Crippen LogP contribution in [0, 0.1) is 0 Å². The molecule has 1 saturated heterocycles. The summed E-state index contributed by atoms with van der Waals surface area (Å²) >= 11 is 11.8. The largest absolute Gasteiger partial charge is 0.325 e. The van der Waals surface area contributed by atoms with Crippen LogP contribution in [0.2, 0.25) is 10.0 Å². The normalized spacial score (nSPS) is 19.4. The van der Waals surface area contributed by atoms with E-state index < -0.39 is 39.8 Å². The Kier molecular flexibility index (Phi) is 5.44. The number of sulfonamides is 1. The standard InChI is InChI=1S/C18H15Cl2N3O5S/c1-18(10-2-5-12(6-3-10)29(21,27)28)16(25)23(17(26)22-18)9-15(24)13-7-4-11(19)8-14(13)20/h2-8H,9H2,1H3,(H,22,26)(H2,21,27,28). The number of nitrogens with zero attached hydrogens (tertiary/aromatic N) is 1. The van der Waals surface area contributed by atoms with Gasteiger partial charge < -0.3 is 5.32 Å². The smallest absolute Gasteiger partial charge is 0.319 e. The number of nitrogens with two attached hydrogens (primary N) is 1. The van der Waals surface area contributed by atoms with Crippen LogP contribution in [0.15, 0.2) is 47.4 Å². The minimum atomic E-state index is -3.90. The number of benzene rings is 2. The van der Waals surface area contributed by atoms with Gasteiger partial charge in [0.05, 0.1) is 16.5 Å². The lowest BCUT2D eigenvalue weighted by Crippen LogP contribution is -2.41. The summed E-state index contributed by atoms with van der Waals surface area (Å²) in [5.74, 6) is -1.20. The fourth-order valence-electron chi connectivity index (χ4n) is 2.96. The Morgan fingerprint density at radius 1 is 1.14 bits per heavy atom. The van der Waals surface area contributed by atoms with Gasteiger partial charge in [-0.1, -0.05) is 35.3 Å². The molecular weight excluding hydrogens is 441 g/mol. The third-order valence-electron chi connectivity index (χ3n) is 4.57. The van der Waals surface area contributed by atoms with E-state index in [0.29, 0.717) is 10.6 Å². The van der Waals surface area contributed by atoms with E-state index in [9.17, 15) is 22.8 Å². The van der Waals surface area contributed by atoms with Crippen LogP contribution in [0.3, 0.4) is 0 Å². The zero-order valence-electron chi connectivity index (χ0n) is 15.0. The van der Waals surface area contributed by atoms with Crippen molar-refractivity contribution in [2.75, 3.05) is 6.54 Å². The maximum absolute atomic E-state index is 12.9. The number of carbonyl (C=O) groups excluding carboxylic acids is 3. The van der Waals surface area contributed by atoms with E-state index in [1.165, 1.54) is 49.4 Å². The third-order valence-corrected chi connectivity index (χ3v) is 6.05. The Balaban J connectivity index is 1.86. The van der Waals surface area contributed by atoms with E-state index in [1.54, 1.807) is 0 Å². The lowest BCUT2D eigenvalue weighted by Gasteiger charge is -2.22. The Morgan fingerprint density at radius 3 is 2.31 bits per heavy atom. The molecule has 29 heavy (non-hydrogen) atoms. The monoisotopic (exact) mass is 455 g/mol. The maximum Gasteiger partial charge on any atom is 0.325 e. The summed E-state index contributed by atoms with van der Waals surface area (Å²) < 4.78 is 22.8. The van der Waals surface area contributed by atoms with E-state index in [-0.39, 0.29) is 15.5 Å². The summed E-state index contributed by atoms with van der Waals surface area (Å²) in [4.78, 5) is 38.5. The molecule has 1 aliphatic heterocycles. The van der Waals surface area contributed by atoms with Crippen molar-refractivity contribution >= 4 is 50.9 Å². The number of Topliss-reactive ketones (excluding diaryl/α,β-unsaturated/α-hetero) is 1. The second-order valence-electron chi connectivity index (χ2n) is 6.56. The van der Waals surface area contributed by atoms with Crippen LogP contribution in [0.1, 0.15) is 22.8 Å². The van der Waals surface area contributed by atoms with Crippen molar-refractivity contribution in [3.8, 4) is 0 Å². The van der Waals surface area contributed by atoms with Gasteiger partial charge in [0.15, 0.2) is 5.78 Å². The predicted molar refractivity (Wildman–Crippen MR) is 106 cm³/mol. The second-order valence-corrected chi connectivity index (χ2v) is 8.97. The lowest BCUT2D eigenvalue weighted by molar-refractivity contribution is -0.130. The number of urea groups is 1. The van der Waals surface area contributed by atoms with Crippen LogP contribution in [0.5, 0.6) is 0 Å². The number of amides is 3.